The Morgan fingerprint density at radius 2 is 1.42 bits per heavy atom. The molecular weight excluding hydrogens is 299 g/mol. The molecule has 0 aliphatic carbocycles. The summed E-state index contributed by atoms with van der Waals surface area (Å²) < 4.78 is -0.686. The van der Waals surface area contributed by atoms with E-state index in [1.165, 1.54) is 13.8 Å². The molecule has 0 aliphatic rings. The quantitative estimate of drug-likeness (QED) is 0.422. The molecule has 0 spiro atoms. The Kier molecular flexibility index (Phi) is 24.9. The van der Waals surface area contributed by atoms with Gasteiger partial charge >= 0.3 is 47.7 Å². The molecule has 0 unspecified atom stereocenters. The average molecular weight is 305 g/mol. The Morgan fingerprint density at radius 3 is 1.42 bits per heavy atom. The molecule has 12 heavy (non-hydrogen) atoms. The zero-order valence-corrected chi connectivity index (χ0v) is 9.30. The Labute approximate surface area is 84.2 Å². The van der Waals surface area contributed by atoms with Crippen LogP contribution < -0.4 is 0 Å². The van der Waals surface area contributed by atoms with Crippen molar-refractivity contribution in [1.29, 1.82) is 10.5 Å². The molecule has 0 heterocycles. The van der Waals surface area contributed by atoms with Crippen molar-refractivity contribution in [3.05, 3.63) is 10.1 Å². The minimum atomic E-state index is -2.40. The zero-order valence-electron chi connectivity index (χ0n) is 6.23. The van der Waals surface area contributed by atoms with Gasteiger partial charge in [0.1, 0.15) is 0 Å². The van der Waals surface area contributed by atoms with Gasteiger partial charge in [0.25, 0.3) is 0 Å². The van der Waals surface area contributed by atoms with Gasteiger partial charge < -0.3 is 0 Å². The molecule has 0 radical (unpaired) electrons. The van der Waals surface area contributed by atoms with Crippen LogP contribution in [0.2, 0.25) is 0 Å². The second-order valence-electron chi connectivity index (χ2n) is 0.789. The Balaban J connectivity index is -0.000000115. The van der Waals surface area contributed by atoms with E-state index < -0.39 is 18.5 Å². The number of nitro groups is 1. The monoisotopic (exact) mass is 304 g/mol. The van der Waals surface area contributed by atoms with Gasteiger partial charge in [-0.25, -0.2) is 0 Å². The van der Waals surface area contributed by atoms with E-state index in [1.54, 1.807) is 12.1 Å². The molecule has 5 nitrogen and oxygen atoms in total. The number of hydrogen-bond acceptors (Lipinski definition) is 4. The summed E-state index contributed by atoms with van der Waals surface area (Å²) in [5.74, 6) is 0. The van der Waals surface area contributed by atoms with E-state index in [1.807, 2.05) is 0 Å². The summed E-state index contributed by atoms with van der Waals surface area (Å²) >= 11 is -2.40. The number of rotatable bonds is 1. The summed E-state index contributed by atoms with van der Waals surface area (Å²) in [5.41, 5.74) is 0. The molecule has 0 aliphatic heterocycles. The molecule has 73 valence electrons. The van der Waals surface area contributed by atoms with Gasteiger partial charge in [-0.2, -0.15) is 10.5 Å². The Bertz CT molecular complexity index is 174. The first-order valence-electron chi connectivity index (χ1n) is 2.19. The Hall–Kier alpha value is -0.378. The summed E-state index contributed by atoms with van der Waals surface area (Å²) in [6, 6.07) is 3.50. The minimum absolute atomic E-state index is 0.686. The normalized spacial score (nSPS) is 6.67. The molecule has 0 fully saturated rings. The molecular formula is C4H6Cl2N3O2Pd. The number of nitrogens with zero attached hydrogens (tertiary/aromatic N) is 3. The van der Waals surface area contributed by atoms with Crippen molar-refractivity contribution < 1.29 is 18.5 Å². The molecule has 0 saturated carbocycles. The molecule has 0 rings (SSSR count). The summed E-state index contributed by atoms with van der Waals surface area (Å²) in [6.07, 6.45) is 0. The van der Waals surface area contributed by atoms with E-state index in [-0.39, 0.29) is 0 Å². The summed E-state index contributed by atoms with van der Waals surface area (Å²) in [6.45, 7) is 2.86. The maximum atomic E-state index is 9.29. The van der Waals surface area contributed by atoms with Crippen LogP contribution in [0.3, 0.4) is 0 Å². The van der Waals surface area contributed by atoms with Crippen molar-refractivity contribution in [2.75, 3.05) is 0 Å². The van der Waals surface area contributed by atoms with Crippen LogP contribution in [0.15, 0.2) is 0 Å². The van der Waals surface area contributed by atoms with Crippen molar-refractivity contribution in [3.63, 3.8) is 0 Å². The summed E-state index contributed by atoms with van der Waals surface area (Å²) in [7, 11) is 9.59. The molecule has 0 aromatic carbocycles. The van der Waals surface area contributed by atoms with Gasteiger partial charge in [0.15, 0.2) is 0 Å². The van der Waals surface area contributed by atoms with Crippen molar-refractivity contribution in [2.24, 2.45) is 0 Å². The zero-order chi connectivity index (χ0) is 10.6. The van der Waals surface area contributed by atoms with Crippen LogP contribution in [0, 0.1) is 32.8 Å². The molecule has 0 atom stereocenters. The first-order valence-corrected chi connectivity index (χ1v) is 6.89. The van der Waals surface area contributed by atoms with E-state index in [0.29, 0.717) is 0 Å². The predicted octanol–water partition coefficient (Wildman–Crippen LogP) is 2.16. The van der Waals surface area contributed by atoms with Crippen molar-refractivity contribution >= 4 is 19.1 Å². The number of hydrogen-bond donors (Lipinski definition) is 0. The van der Waals surface area contributed by atoms with E-state index in [2.05, 4.69) is 0 Å². The van der Waals surface area contributed by atoms with Gasteiger partial charge in [0.05, 0.1) is 12.1 Å². The van der Waals surface area contributed by atoms with E-state index in [9.17, 15) is 10.1 Å². The molecule has 8 heteroatoms. The molecule has 0 aromatic heterocycles. The van der Waals surface area contributed by atoms with Crippen molar-refractivity contribution in [2.45, 2.75) is 13.8 Å². The molecule has 0 amide bonds. The van der Waals surface area contributed by atoms with Gasteiger partial charge in [-0.3, -0.25) is 0 Å². The standard InChI is InChI=1S/2C2H3N.2ClH.NO2.Pd/c2*1-2-3;;;2-1-3;/h2*1H3;2*1H;;/q;;;;;+2/p-2. The second-order valence-corrected chi connectivity index (χ2v) is 5.51. The van der Waals surface area contributed by atoms with Crippen LogP contribution in [0.1, 0.15) is 13.8 Å². The molecule has 0 aromatic rings. The molecule has 0 N–H and O–H groups in total. The predicted molar refractivity (Wildman–Crippen MR) is 41.3 cm³/mol. The average Bonchev–Trinajstić information content (AvgIpc) is 1.90. The fourth-order valence-electron chi connectivity index (χ4n) is 0. The number of nitriles is 2. The van der Waals surface area contributed by atoms with Gasteiger partial charge in [-0.05, 0) is 0 Å². The fraction of sp³-hybridized carbons (Fsp3) is 0.500. The van der Waals surface area contributed by atoms with Gasteiger partial charge in [-0.15, -0.1) is 0 Å². The first kappa shape index (κ1) is 17.6. The van der Waals surface area contributed by atoms with Crippen LogP contribution in [0.5, 0.6) is 0 Å². The fourth-order valence-corrected chi connectivity index (χ4v) is 0. The maximum absolute atomic E-state index is 9.29. The summed E-state index contributed by atoms with van der Waals surface area (Å²) in [5, 5.41) is 23.9. The van der Waals surface area contributed by atoms with Crippen LogP contribution >= 0.6 is 19.1 Å². The van der Waals surface area contributed by atoms with E-state index in [4.69, 9.17) is 29.6 Å². The first-order chi connectivity index (χ1) is 5.47. The third-order valence-corrected chi connectivity index (χ3v) is 1.55. The van der Waals surface area contributed by atoms with Crippen LogP contribution in [-0.4, -0.2) is 3.56 Å². The van der Waals surface area contributed by atoms with Crippen molar-refractivity contribution in [3.8, 4) is 12.1 Å². The molecule has 0 bridgehead atoms. The van der Waals surface area contributed by atoms with Gasteiger partial charge in [0, 0.05) is 13.8 Å². The van der Waals surface area contributed by atoms with Crippen LogP contribution in [-0.2, 0) is 15.0 Å². The topological polar surface area (TPSA) is 90.7 Å². The molecule has 0 saturated heterocycles. The van der Waals surface area contributed by atoms with Gasteiger partial charge in [0.2, 0.25) is 0 Å². The van der Waals surface area contributed by atoms with E-state index in [0.717, 1.165) is 0 Å². The van der Waals surface area contributed by atoms with E-state index >= 15 is 0 Å². The van der Waals surface area contributed by atoms with Crippen LogP contribution in [0.4, 0.5) is 0 Å². The third kappa shape index (κ3) is 54.5. The number of halogens is 2. The third-order valence-electron chi connectivity index (χ3n) is 0.0873. The SMILES string of the molecule is CC#N.CC#N.O=[N+]([O-])[Pd]([Cl])[Cl]. The van der Waals surface area contributed by atoms with Crippen molar-refractivity contribution in [1.82, 2.24) is 0 Å². The summed E-state index contributed by atoms with van der Waals surface area (Å²) in [4.78, 5) is 9.29. The second kappa shape index (κ2) is 16.9. The van der Waals surface area contributed by atoms with Crippen LogP contribution in [0.25, 0.3) is 0 Å². The van der Waals surface area contributed by atoms with Gasteiger partial charge in [-0.1, -0.05) is 0 Å². The Morgan fingerprint density at radius 1 is 1.33 bits per heavy atom.